The fraction of sp³-hybridized carbons (Fsp3) is 0. The van der Waals surface area contributed by atoms with Crippen LogP contribution < -0.4 is 0 Å². The number of hydrogen-bond acceptors (Lipinski definition) is 4. The number of pyridine rings is 1. The minimum absolute atomic E-state index is 0.654. The SMILES string of the molecule is c1ccc(-c2nc(-c3ccc4c(ccc5c6cnccc6ccc45)c3)nc(-c3cccc4ccccc34)n2)cc1. The van der Waals surface area contributed by atoms with Crippen LogP contribution >= 0.6 is 0 Å². The van der Waals surface area contributed by atoms with Crippen LogP contribution in [-0.4, -0.2) is 19.9 Å². The van der Waals surface area contributed by atoms with Crippen LogP contribution in [0.15, 0.2) is 134 Å². The summed E-state index contributed by atoms with van der Waals surface area (Å²) >= 11 is 0. The van der Waals surface area contributed by atoms with Gasteiger partial charge in [0, 0.05) is 34.5 Å². The lowest BCUT2D eigenvalue weighted by Crippen LogP contribution is -2.00. The van der Waals surface area contributed by atoms with Gasteiger partial charge in [-0.15, -0.1) is 0 Å². The maximum absolute atomic E-state index is 5.03. The van der Waals surface area contributed by atoms with Gasteiger partial charge in [-0.05, 0) is 49.8 Å². The van der Waals surface area contributed by atoms with Gasteiger partial charge in [0.2, 0.25) is 0 Å². The highest BCUT2D eigenvalue weighted by Gasteiger charge is 2.15. The van der Waals surface area contributed by atoms with Gasteiger partial charge in [-0.25, -0.2) is 15.0 Å². The van der Waals surface area contributed by atoms with Crippen molar-refractivity contribution in [3.63, 3.8) is 0 Å². The van der Waals surface area contributed by atoms with Crippen molar-refractivity contribution in [2.24, 2.45) is 0 Å². The van der Waals surface area contributed by atoms with Crippen LogP contribution in [0.2, 0.25) is 0 Å². The Hall–Kier alpha value is -5.48. The molecule has 2 aromatic heterocycles. The average molecular weight is 511 g/mol. The zero-order valence-electron chi connectivity index (χ0n) is 21.5. The fourth-order valence-corrected chi connectivity index (χ4v) is 5.62. The van der Waals surface area contributed by atoms with Crippen molar-refractivity contribution in [1.29, 1.82) is 0 Å². The van der Waals surface area contributed by atoms with E-state index < -0.39 is 0 Å². The summed E-state index contributed by atoms with van der Waals surface area (Å²) in [7, 11) is 0. The Bertz CT molecular complexity index is 2220. The van der Waals surface area contributed by atoms with E-state index in [1.807, 2.05) is 42.7 Å². The highest BCUT2D eigenvalue weighted by Crippen LogP contribution is 2.34. The summed E-state index contributed by atoms with van der Waals surface area (Å²) in [6.07, 6.45) is 3.79. The molecule has 0 amide bonds. The van der Waals surface area contributed by atoms with Crippen molar-refractivity contribution in [2.75, 3.05) is 0 Å². The summed E-state index contributed by atoms with van der Waals surface area (Å²) < 4.78 is 0. The van der Waals surface area contributed by atoms with E-state index in [4.69, 9.17) is 15.0 Å². The van der Waals surface area contributed by atoms with Crippen LogP contribution in [0.5, 0.6) is 0 Å². The summed E-state index contributed by atoms with van der Waals surface area (Å²) in [4.78, 5) is 19.3. The second-order valence-corrected chi connectivity index (χ2v) is 9.96. The third-order valence-corrected chi connectivity index (χ3v) is 7.59. The number of aromatic nitrogens is 4. The van der Waals surface area contributed by atoms with E-state index in [9.17, 15) is 0 Å². The molecule has 0 spiro atoms. The van der Waals surface area contributed by atoms with Gasteiger partial charge in [-0.2, -0.15) is 0 Å². The van der Waals surface area contributed by atoms with Gasteiger partial charge in [-0.1, -0.05) is 109 Å². The van der Waals surface area contributed by atoms with E-state index in [0.717, 1.165) is 38.2 Å². The molecule has 4 heteroatoms. The van der Waals surface area contributed by atoms with Gasteiger partial charge >= 0.3 is 0 Å². The van der Waals surface area contributed by atoms with Crippen molar-refractivity contribution >= 4 is 43.1 Å². The molecule has 0 aliphatic rings. The zero-order chi connectivity index (χ0) is 26.5. The third kappa shape index (κ3) is 3.69. The summed E-state index contributed by atoms with van der Waals surface area (Å²) in [5.41, 5.74) is 2.90. The summed E-state index contributed by atoms with van der Waals surface area (Å²) in [6, 6.07) is 42.0. The molecule has 0 aliphatic heterocycles. The Kier molecular flexibility index (Phi) is 5.10. The number of fused-ring (bicyclic) bond motifs is 6. The van der Waals surface area contributed by atoms with Crippen molar-refractivity contribution < 1.29 is 0 Å². The van der Waals surface area contributed by atoms with Crippen molar-refractivity contribution in [3.05, 3.63) is 134 Å². The minimum Gasteiger partial charge on any atom is -0.264 e. The number of benzene rings is 6. The average Bonchev–Trinajstić information content (AvgIpc) is 3.04. The molecule has 4 nitrogen and oxygen atoms in total. The molecule has 0 atom stereocenters. The molecule has 2 heterocycles. The minimum atomic E-state index is 0.654. The Balaban J connectivity index is 1.34. The van der Waals surface area contributed by atoms with Crippen molar-refractivity contribution in [3.8, 4) is 34.2 Å². The van der Waals surface area contributed by atoms with Gasteiger partial charge in [0.05, 0.1) is 0 Å². The summed E-state index contributed by atoms with van der Waals surface area (Å²) in [5.74, 6) is 1.98. The highest BCUT2D eigenvalue weighted by molar-refractivity contribution is 6.17. The lowest BCUT2D eigenvalue weighted by atomic mass is 9.97. The summed E-state index contributed by atoms with van der Waals surface area (Å²) in [5, 5.41) is 9.38. The predicted molar refractivity (Wildman–Crippen MR) is 164 cm³/mol. The van der Waals surface area contributed by atoms with Crippen molar-refractivity contribution in [1.82, 2.24) is 19.9 Å². The third-order valence-electron chi connectivity index (χ3n) is 7.59. The molecule has 8 aromatic rings. The zero-order valence-corrected chi connectivity index (χ0v) is 21.5. The molecule has 6 aromatic carbocycles. The predicted octanol–water partition coefficient (Wildman–Crippen LogP) is 8.88. The molecular formula is C36H22N4. The molecule has 40 heavy (non-hydrogen) atoms. The lowest BCUT2D eigenvalue weighted by molar-refractivity contribution is 1.08. The van der Waals surface area contributed by atoms with Crippen LogP contribution in [0.4, 0.5) is 0 Å². The van der Waals surface area contributed by atoms with Crippen molar-refractivity contribution in [2.45, 2.75) is 0 Å². The Morgan fingerprint density at radius 2 is 1.05 bits per heavy atom. The molecule has 0 fully saturated rings. The molecule has 0 unspecified atom stereocenters. The Labute approximate surface area is 230 Å². The molecule has 8 rings (SSSR count). The maximum atomic E-state index is 5.03. The van der Waals surface area contributed by atoms with Crippen LogP contribution in [0.3, 0.4) is 0 Å². The monoisotopic (exact) mass is 510 g/mol. The molecule has 0 bridgehead atoms. The largest absolute Gasteiger partial charge is 0.264 e. The maximum Gasteiger partial charge on any atom is 0.164 e. The van der Waals surface area contributed by atoms with Crippen LogP contribution in [-0.2, 0) is 0 Å². The fourth-order valence-electron chi connectivity index (χ4n) is 5.62. The van der Waals surface area contributed by atoms with Gasteiger partial charge in [-0.3, -0.25) is 4.98 Å². The normalized spacial score (nSPS) is 11.5. The first kappa shape index (κ1) is 22.5. The number of rotatable bonds is 3. The van der Waals surface area contributed by atoms with Gasteiger partial charge in [0.15, 0.2) is 17.5 Å². The van der Waals surface area contributed by atoms with Gasteiger partial charge in [0.25, 0.3) is 0 Å². The quantitative estimate of drug-likeness (QED) is 0.223. The highest BCUT2D eigenvalue weighted by atomic mass is 15.0. The first-order valence-electron chi connectivity index (χ1n) is 13.3. The van der Waals surface area contributed by atoms with Crippen LogP contribution in [0, 0.1) is 0 Å². The van der Waals surface area contributed by atoms with Crippen LogP contribution in [0.25, 0.3) is 77.3 Å². The molecule has 0 N–H and O–H groups in total. The first-order valence-corrected chi connectivity index (χ1v) is 13.3. The molecule has 0 saturated carbocycles. The van der Waals surface area contributed by atoms with E-state index >= 15 is 0 Å². The van der Waals surface area contributed by atoms with Gasteiger partial charge < -0.3 is 0 Å². The standard InChI is InChI=1S/C36H22N4/c1-2-8-25(9-3-1)34-38-35(40-36(39-34)32-12-6-10-23-7-4-5-11-28(23)32)27-15-16-29-26(21-27)14-18-31-30(29)17-13-24-19-20-37-22-33(24)31/h1-22H. The summed E-state index contributed by atoms with van der Waals surface area (Å²) in [6.45, 7) is 0. The molecule has 186 valence electrons. The van der Waals surface area contributed by atoms with E-state index in [-0.39, 0.29) is 0 Å². The molecular weight excluding hydrogens is 488 g/mol. The van der Waals surface area contributed by atoms with E-state index in [2.05, 4.69) is 96.0 Å². The van der Waals surface area contributed by atoms with E-state index in [1.165, 1.54) is 21.5 Å². The Morgan fingerprint density at radius 3 is 1.95 bits per heavy atom. The molecule has 0 radical (unpaired) electrons. The number of hydrogen-bond donors (Lipinski definition) is 0. The second kappa shape index (κ2) is 9.07. The molecule has 0 aliphatic carbocycles. The Morgan fingerprint density at radius 1 is 0.375 bits per heavy atom. The van der Waals surface area contributed by atoms with Gasteiger partial charge in [0.1, 0.15) is 0 Å². The molecule has 0 saturated heterocycles. The van der Waals surface area contributed by atoms with E-state index in [1.54, 1.807) is 0 Å². The topological polar surface area (TPSA) is 51.6 Å². The number of nitrogens with zero attached hydrogens (tertiary/aromatic N) is 4. The first-order chi connectivity index (χ1) is 19.8. The lowest BCUT2D eigenvalue weighted by Gasteiger charge is -2.11. The smallest absolute Gasteiger partial charge is 0.164 e. The second-order valence-electron chi connectivity index (χ2n) is 9.96. The van der Waals surface area contributed by atoms with E-state index in [0.29, 0.717) is 17.5 Å². The van der Waals surface area contributed by atoms with Crippen LogP contribution in [0.1, 0.15) is 0 Å².